The molecule has 0 spiro atoms. The molecule has 1 aliphatic heterocycles. The third-order valence-corrected chi connectivity index (χ3v) is 3.55. The number of imidazole rings is 1. The SMILES string of the molecule is Cn1ccnc1CNc1ccc(N2CCCC2)nc1. The first-order chi connectivity index (χ1) is 9.33. The van der Waals surface area contributed by atoms with Crippen LogP contribution in [0.5, 0.6) is 0 Å². The summed E-state index contributed by atoms with van der Waals surface area (Å²) in [6.45, 7) is 2.98. The molecule has 0 unspecified atom stereocenters. The van der Waals surface area contributed by atoms with Crippen LogP contribution in [-0.2, 0) is 13.6 Å². The van der Waals surface area contributed by atoms with Gasteiger partial charge in [0.25, 0.3) is 0 Å². The third-order valence-electron chi connectivity index (χ3n) is 3.55. The van der Waals surface area contributed by atoms with Gasteiger partial charge >= 0.3 is 0 Å². The summed E-state index contributed by atoms with van der Waals surface area (Å²) >= 11 is 0. The molecular formula is C14H19N5. The van der Waals surface area contributed by atoms with Gasteiger partial charge in [-0.25, -0.2) is 9.97 Å². The van der Waals surface area contributed by atoms with Crippen molar-refractivity contribution in [2.45, 2.75) is 19.4 Å². The van der Waals surface area contributed by atoms with Crippen LogP contribution in [0.15, 0.2) is 30.7 Å². The largest absolute Gasteiger partial charge is 0.377 e. The van der Waals surface area contributed by atoms with Crippen LogP contribution in [0.4, 0.5) is 11.5 Å². The molecule has 1 aliphatic rings. The Balaban J connectivity index is 1.61. The average Bonchev–Trinajstić information content (AvgIpc) is 3.09. The molecule has 2 aromatic rings. The van der Waals surface area contributed by atoms with E-state index in [9.17, 15) is 0 Å². The summed E-state index contributed by atoms with van der Waals surface area (Å²) < 4.78 is 2.01. The zero-order valence-electron chi connectivity index (χ0n) is 11.2. The zero-order valence-corrected chi connectivity index (χ0v) is 11.2. The zero-order chi connectivity index (χ0) is 13.1. The number of rotatable bonds is 4. The van der Waals surface area contributed by atoms with E-state index >= 15 is 0 Å². The Morgan fingerprint density at radius 1 is 1.21 bits per heavy atom. The lowest BCUT2D eigenvalue weighted by Crippen LogP contribution is -2.18. The Labute approximate surface area is 113 Å². The van der Waals surface area contributed by atoms with E-state index < -0.39 is 0 Å². The fourth-order valence-electron chi connectivity index (χ4n) is 2.37. The van der Waals surface area contributed by atoms with Gasteiger partial charge in [0.1, 0.15) is 11.6 Å². The van der Waals surface area contributed by atoms with E-state index in [0.717, 1.165) is 30.4 Å². The van der Waals surface area contributed by atoms with E-state index in [4.69, 9.17) is 0 Å². The fourth-order valence-corrected chi connectivity index (χ4v) is 2.37. The van der Waals surface area contributed by atoms with Gasteiger partial charge in [-0.15, -0.1) is 0 Å². The van der Waals surface area contributed by atoms with Gasteiger partial charge in [-0.3, -0.25) is 0 Å². The minimum Gasteiger partial charge on any atom is -0.377 e. The van der Waals surface area contributed by atoms with Gasteiger partial charge in [-0.2, -0.15) is 0 Å². The summed E-state index contributed by atoms with van der Waals surface area (Å²) in [5.74, 6) is 2.10. The van der Waals surface area contributed by atoms with Crippen molar-refractivity contribution in [3.63, 3.8) is 0 Å². The van der Waals surface area contributed by atoms with Crippen molar-refractivity contribution < 1.29 is 0 Å². The maximum atomic E-state index is 4.52. The molecule has 1 fully saturated rings. The van der Waals surface area contributed by atoms with Gasteiger partial charge in [-0.1, -0.05) is 0 Å². The standard InChI is InChI=1S/C14H19N5/c1-18-9-6-15-14(18)11-16-12-4-5-13(17-10-12)19-7-2-3-8-19/h4-6,9-10,16H,2-3,7-8,11H2,1H3. The number of anilines is 2. The number of pyridine rings is 1. The molecule has 0 saturated carbocycles. The number of nitrogens with zero attached hydrogens (tertiary/aromatic N) is 4. The summed E-state index contributed by atoms with van der Waals surface area (Å²) in [5, 5.41) is 3.34. The molecule has 0 amide bonds. The highest BCUT2D eigenvalue weighted by Gasteiger charge is 2.12. The van der Waals surface area contributed by atoms with Crippen molar-refractivity contribution in [2.24, 2.45) is 7.05 Å². The predicted molar refractivity (Wildman–Crippen MR) is 76.2 cm³/mol. The van der Waals surface area contributed by atoms with Crippen LogP contribution < -0.4 is 10.2 Å². The van der Waals surface area contributed by atoms with Crippen LogP contribution in [0, 0.1) is 0 Å². The minimum absolute atomic E-state index is 0.717. The fraction of sp³-hybridized carbons (Fsp3) is 0.429. The molecule has 0 radical (unpaired) electrons. The first-order valence-corrected chi connectivity index (χ1v) is 6.74. The molecule has 5 heteroatoms. The molecule has 19 heavy (non-hydrogen) atoms. The predicted octanol–water partition coefficient (Wildman–Crippen LogP) is 2.03. The normalized spacial score (nSPS) is 14.9. The lowest BCUT2D eigenvalue weighted by molar-refractivity contribution is 0.812. The lowest BCUT2D eigenvalue weighted by Gasteiger charge is -2.16. The van der Waals surface area contributed by atoms with E-state index in [1.54, 1.807) is 0 Å². The van der Waals surface area contributed by atoms with E-state index in [-0.39, 0.29) is 0 Å². The van der Waals surface area contributed by atoms with Gasteiger partial charge in [-0.05, 0) is 25.0 Å². The summed E-state index contributed by atoms with van der Waals surface area (Å²) in [5.41, 5.74) is 1.03. The Bertz CT molecular complexity index is 525. The number of nitrogens with one attached hydrogen (secondary N) is 1. The molecule has 1 saturated heterocycles. The highest BCUT2D eigenvalue weighted by Crippen LogP contribution is 2.19. The topological polar surface area (TPSA) is 46.0 Å². The Kier molecular flexibility index (Phi) is 3.35. The number of aromatic nitrogens is 3. The number of hydrogen-bond donors (Lipinski definition) is 1. The van der Waals surface area contributed by atoms with E-state index in [0.29, 0.717) is 6.54 Å². The van der Waals surface area contributed by atoms with Crippen molar-refractivity contribution in [1.29, 1.82) is 0 Å². The third kappa shape index (κ3) is 2.70. The number of hydrogen-bond acceptors (Lipinski definition) is 4. The summed E-state index contributed by atoms with van der Waals surface area (Å²) in [4.78, 5) is 11.1. The van der Waals surface area contributed by atoms with Gasteiger partial charge in [0.05, 0.1) is 18.4 Å². The van der Waals surface area contributed by atoms with Crippen LogP contribution in [0.1, 0.15) is 18.7 Å². The van der Waals surface area contributed by atoms with Gasteiger partial charge in [0.15, 0.2) is 0 Å². The molecule has 100 valence electrons. The Morgan fingerprint density at radius 2 is 2.05 bits per heavy atom. The summed E-state index contributed by atoms with van der Waals surface area (Å²) in [6.07, 6.45) is 8.22. The van der Waals surface area contributed by atoms with Crippen LogP contribution in [-0.4, -0.2) is 27.6 Å². The number of aryl methyl sites for hydroxylation is 1. The molecule has 3 heterocycles. The van der Waals surface area contributed by atoms with Gasteiger partial charge in [0.2, 0.25) is 0 Å². The van der Waals surface area contributed by atoms with Crippen molar-refractivity contribution >= 4 is 11.5 Å². The van der Waals surface area contributed by atoms with Crippen molar-refractivity contribution in [3.8, 4) is 0 Å². The second kappa shape index (κ2) is 5.30. The van der Waals surface area contributed by atoms with Crippen LogP contribution >= 0.6 is 0 Å². The maximum Gasteiger partial charge on any atom is 0.128 e. The van der Waals surface area contributed by atoms with Gasteiger partial charge in [0, 0.05) is 32.5 Å². The van der Waals surface area contributed by atoms with Crippen LogP contribution in [0.2, 0.25) is 0 Å². The quantitative estimate of drug-likeness (QED) is 0.910. The minimum atomic E-state index is 0.717. The Morgan fingerprint density at radius 3 is 2.68 bits per heavy atom. The smallest absolute Gasteiger partial charge is 0.128 e. The molecule has 5 nitrogen and oxygen atoms in total. The molecular weight excluding hydrogens is 238 g/mol. The molecule has 0 aliphatic carbocycles. The van der Waals surface area contributed by atoms with E-state index in [1.165, 1.54) is 12.8 Å². The highest BCUT2D eigenvalue weighted by atomic mass is 15.2. The highest BCUT2D eigenvalue weighted by molar-refractivity contribution is 5.49. The molecule has 0 bridgehead atoms. The van der Waals surface area contributed by atoms with Crippen molar-refractivity contribution in [1.82, 2.24) is 14.5 Å². The molecule has 0 atom stereocenters. The average molecular weight is 257 g/mol. The van der Waals surface area contributed by atoms with Crippen LogP contribution in [0.25, 0.3) is 0 Å². The summed E-state index contributed by atoms with van der Waals surface area (Å²) in [7, 11) is 2.00. The van der Waals surface area contributed by atoms with Crippen molar-refractivity contribution in [3.05, 3.63) is 36.5 Å². The monoisotopic (exact) mass is 257 g/mol. The van der Waals surface area contributed by atoms with E-state index in [1.807, 2.05) is 30.2 Å². The molecule has 3 rings (SSSR count). The molecule has 2 aromatic heterocycles. The molecule has 0 aromatic carbocycles. The Hall–Kier alpha value is -2.04. The van der Waals surface area contributed by atoms with Crippen molar-refractivity contribution in [2.75, 3.05) is 23.3 Å². The molecule has 1 N–H and O–H groups in total. The van der Waals surface area contributed by atoms with E-state index in [2.05, 4.69) is 32.3 Å². The van der Waals surface area contributed by atoms with Gasteiger partial charge < -0.3 is 14.8 Å². The summed E-state index contributed by atoms with van der Waals surface area (Å²) in [6, 6.07) is 4.18. The first-order valence-electron chi connectivity index (χ1n) is 6.74. The second-order valence-corrected chi connectivity index (χ2v) is 4.91. The second-order valence-electron chi connectivity index (χ2n) is 4.91. The van der Waals surface area contributed by atoms with Crippen LogP contribution in [0.3, 0.4) is 0 Å². The first kappa shape index (κ1) is 12.0. The lowest BCUT2D eigenvalue weighted by atomic mass is 10.3. The maximum absolute atomic E-state index is 4.52.